The number of hydrogen-bond acceptors (Lipinski definition) is 3. The molecule has 3 rings (SSSR count). The summed E-state index contributed by atoms with van der Waals surface area (Å²) >= 11 is 0. The summed E-state index contributed by atoms with van der Waals surface area (Å²) in [5.74, 6) is 0.261. The largest absolute Gasteiger partial charge is 0.334 e. The van der Waals surface area contributed by atoms with Crippen molar-refractivity contribution in [1.82, 2.24) is 19.6 Å². The Kier molecular flexibility index (Phi) is 6.50. The number of aryl methyl sites for hydroxylation is 2. The summed E-state index contributed by atoms with van der Waals surface area (Å²) in [7, 11) is 0. The van der Waals surface area contributed by atoms with Crippen LogP contribution in [-0.2, 0) is 24.4 Å². The van der Waals surface area contributed by atoms with Gasteiger partial charge in [-0.1, -0.05) is 26.0 Å². The first kappa shape index (κ1) is 20.5. The molecule has 1 aromatic heterocycles. The van der Waals surface area contributed by atoms with E-state index in [1.54, 1.807) is 12.1 Å². The van der Waals surface area contributed by atoms with Gasteiger partial charge in [-0.3, -0.25) is 14.4 Å². The number of halogens is 1. The van der Waals surface area contributed by atoms with E-state index in [9.17, 15) is 9.18 Å². The van der Waals surface area contributed by atoms with Crippen molar-refractivity contribution in [2.45, 2.75) is 59.8 Å². The number of aromatic nitrogens is 2. The lowest BCUT2D eigenvalue weighted by atomic mass is 10.0. The summed E-state index contributed by atoms with van der Waals surface area (Å²) in [5, 5.41) is 4.55. The minimum atomic E-state index is -0.250. The van der Waals surface area contributed by atoms with Crippen LogP contribution in [0.1, 0.15) is 44.0 Å². The van der Waals surface area contributed by atoms with Crippen molar-refractivity contribution in [2.75, 3.05) is 13.1 Å². The molecule has 152 valence electrons. The van der Waals surface area contributed by atoms with Gasteiger partial charge >= 0.3 is 0 Å². The monoisotopic (exact) mass is 386 g/mol. The van der Waals surface area contributed by atoms with Crippen LogP contribution in [-0.4, -0.2) is 44.6 Å². The Bertz CT molecular complexity index is 799. The molecule has 0 aliphatic carbocycles. The summed E-state index contributed by atoms with van der Waals surface area (Å²) in [6.07, 6.45) is 2.62. The Morgan fingerprint density at radius 3 is 2.54 bits per heavy atom. The van der Waals surface area contributed by atoms with E-state index in [1.165, 1.54) is 17.7 Å². The van der Waals surface area contributed by atoms with Crippen LogP contribution in [0, 0.1) is 18.7 Å². The molecule has 0 spiro atoms. The maximum absolute atomic E-state index is 13.2. The van der Waals surface area contributed by atoms with Crippen LogP contribution in [0.15, 0.2) is 30.5 Å². The Balaban J connectivity index is 1.77. The third-order valence-electron chi connectivity index (χ3n) is 5.61. The van der Waals surface area contributed by atoms with Crippen molar-refractivity contribution in [2.24, 2.45) is 5.92 Å². The molecule has 0 saturated carbocycles. The smallest absolute Gasteiger partial charge is 0.224 e. The normalized spacial score (nSPS) is 18.7. The maximum Gasteiger partial charge on any atom is 0.224 e. The van der Waals surface area contributed by atoms with Gasteiger partial charge in [-0.15, -0.1) is 0 Å². The van der Waals surface area contributed by atoms with Crippen LogP contribution in [0.3, 0.4) is 0 Å². The molecule has 1 aromatic carbocycles. The second kappa shape index (κ2) is 8.86. The highest BCUT2D eigenvalue weighted by atomic mass is 19.1. The lowest BCUT2D eigenvalue weighted by Gasteiger charge is -2.35. The van der Waals surface area contributed by atoms with Gasteiger partial charge in [0.1, 0.15) is 5.82 Å². The van der Waals surface area contributed by atoms with Crippen molar-refractivity contribution in [3.63, 3.8) is 0 Å². The number of carbonyl (C=O) groups is 1. The van der Waals surface area contributed by atoms with Gasteiger partial charge in [-0.25, -0.2) is 4.39 Å². The van der Waals surface area contributed by atoms with E-state index in [0.717, 1.165) is 37.4 Å². The summed E-state index contributed by atoms with van der Waals surface area (Å²) < 4.78 is 15.2. The number of nitrogens with zero attached hydrogens (tertiary/aromatic N) is 4. The molecule has 1 atom stereocenters. The summed E-state index contributed by atoms with van der Waals surface area (Å²) in [6, 6.07) is 6.59. The Morgan fingerprint density at radius 1 is 1.21 bits per heavy atom. The van der Waals surface area contributed by atoms with Crippen molar-refractivity contribution in [1.29, 1.82) is 0 Å². The second-order valence-electron chi connectivity index (χ2n) is 8.04. The first-order chi connectivity index (χ1) is 13.4. The Labute approximate surface area is 167 Å². The molecule has 1 saturated heterocycles. The predicted octanol–water partition coefficient (Wildman–Crippen LogP) is 3.61. The highest BCUT2D eigenvalue weighted by molar-refractivity contribution is 5.77. The fourth-order valence-electron chi connectivity index (χ4n) is 3.86. The molecule has 1 fully saturated rings. The Hall–Kier alpha value is -2.21. The van der Waals surface area contributed by atoms with Gasteiger partial charge in [-0.05, 0) is 37.5 Å². The quantitative estimate of drug-likeness (QED) is 0.762. The molecule has 28 heavy (non-hydrogen) atoms. The standard InChI is InChI=1S/C22H31FN4O/c1-5-26-14-19(17(4)24-26)13-25-11-10-22(28)27(21(15-25)16(2)3)12-18-6-8-20(23)9-7-18/h6-9,14,16,21H,5,10-13,15H2,1-4H3. The van der Waals surface area contributed by atoms with Crippen molar-refractivity contribution < 1.29 is 9.18 Å². The lowest BCUT2D eigenvalue weighted by Crippen LogP contribution is -2.45. The van der Waals surface area contributed by atoms with Crippen molar-refractivity contribution in [3.05, 3.63) is 53.1 Å². The van der Waals surface area contributed by atoms with Gasteiger partial charge < -0.3 is 4.90 Å². The zero-order valence-electron chi connectivity index (χ0n) is 17.4. The number of hydrogen-bond donors (Lipinski definition) is 0. The van der Waals surface area contributed by atoms with Gasteiger partial charge in [0, 0.05) is 56.9 Å². The molecular formula is C22H31FN4O. The molecule has 2 heterocycles. The van der Waals surface area contributed by atoms with Crippen molar-refractivity contribution >= 4 is 5.91 Å². The van der Waals surface area contributed by atoms with Crippen LogP contribution in [0.5, 0.6) is 0 Å². The first-order valence-electron chi connectivity index (χ1n) is 10.2. The minimum Gasteiger partial charge on any atom is -0.334 e. The van der Waals surface area contributed by atoms with E-state index in [1.807, 2.05) is 16.5 Å². The average molecular weight is 387 g/mol. The molecule has 1 unspecified atom stereocenters. The van der Waals surface area contributed by atoms with Crippen molar-refractivity contribution in [3.8, 4) is 0 Å². The van der Waals surface area contributed by atoms with Gasteiger partial charge in [0.2, 0.25) is 5.91 Å². The van der Waals surface area contributed by atoms with Gasteiger partial charge in [0.25, 0.3) is 0 Å². The van der Waals surface area contributed by atoms with E-state index in [2.05, 4.69) is 37.0 Å². The molecule has 5 nitrogen and oxygen atoms in total. The minimum absolute atomic E-state index is 0.126. The van der Waals surface area contributed by atoms with E-state index in [0.29, 0.717) is 18.9 Å². The molecule has 0 radical (unpaired) electrons. The van der Waals surface area contributed by atoms with Crippen LogP contribution in [0.4, 0.5) is 4.39 Å². The lowest BCUT2D eigenvalue weighted by molar-refractivity contribution is -0.134. The van der Waals surface area contributed by atoms with E-state index in [4.69, 9.17) is 0 Å². The van der Waals surface area contributed by atoms with Crippen LogP contribution >= 0.6 is 0 Å². The summed E-state index contributed by atoms with van der Waals surface area (Å²) in [5.41, 5.74) is 3.25. The highest BCUT2D eigenvalue weighted by Gasteiger charge is 2.32. The number of benzene rings is 1. The second-order valence-corrected chi connectivity index (χ2v) is 8.04. The number of amides is 1. The fourth-order valence-corrected chi connectivity index (χ4v) is 3.86. The zero-order chi connectivity index (χ0) is 20.3. The summed E-state index contributed by atoms with van der Waals surface area (Å²) in [4.78, 5) is 17.3. The first-order valence-corrected chi connectivity index (χ1v) is 10.2. The predicted molar refractivity (Wildman–Crippen MR) is 108 cm³/mol. The molecular weight excluding hydrogens is 355 g/mol. The summed E-state index contributed by atoms with van der Waals surface area (Å²) in [6.45, 7) is 12.3. The van der Waals surface area contributed by atoms with E-state index in [-0.39, 0.29) is 17.8 Å². The average Bonchev–Trinajstić information content (AvgIpc) is 2.94. The van der Waals surface area contributed by atoms with Crippen LogP contribution < -0.4 is 0 Å². The molecule has 6 heteroatoms. The molecule has 0 N–H and O–H groups in total. The SMILES string of the molecule is CCn1cc(CN2CCC(=O)N(Cc3ccc(F)cc3)C(C(C)C)C2)c(C)n1. The van der Waals surface area contributed by atoms with Gasteiger partial charge in [0.05, 0.1) is 5.69 Å². The maximum atomic E-state index is 13.2. The van der Waals surface area contributed by atoms with Crippen LogP contribution in [0.2, 0.25) is 0 Å². The number of rotatable bonds is 6. The fraction of sp³-hybridized carbons (Fsp3) is 0.545. The molecule has 2 aromatic rings. The van der Waals surface area contributed by atoms with Crippen LogP contribution in [0.25, 0.3) is 0 Å². The van der Waals surface area contributed by atoms with Gasteiger partial charge in [0.15, 0.2) is 0 Å². The molecule has 1 aliphatic heterocycles. The topological polar surface area (TPSA) is 41.4 Å². The van der Waals surface area contributed by atoms with E-state index < -0.39 is 0 Å². The third-order valence-corrected chi connectivity index (χ3v) is 5.61. The Morgan fingerprint density at radius 2 is 1.93 bits per heavy atom. The van der Waals surface area contributed by atoms with E-state index >= 15 is 0 Å². The molecule has 0 bridgehead atoms. The number of carbonyl (C=O) groups excluding carboxylic acids is 1. The highest BCUT2D eigenvalue weighted by Crippen LogP contribution is 2.22. The van der Waals surface area contributed by atoms with Gasteiger partial charge in [-0.2, -0.15) is 5.10 Å². The zero-order valence-corrected chi connectivity index (χ0v) is 17.4. The third kappa shape index (κ3) is 4.79. The molecule has 1 amide bonds. The molecule has 1 aliphatic rings.